The second-order valence-electron chi connectivity index (χ2n) is 4.65. The first-order valence-electron chi connectivity index (χ1n) is 6.24. The van der Waals surface area contributed by atoms with Gasteiger partial charge >= 0.3 is 6.61 Å². The highest BCUT2D eigenvalue weighted by atomic mass is 79.9. The van der Waals surface area contributed by atoms with E-state index >= 15 is 0 Å². The van der Waals surface area contributed by atoms with Crippen molar-refractivity contribution in [3.05, 3.63) is 28.2 Å². The summed E-state index contributed by atoms with van der Waals surface area (Å²) in [6.07, 6.45) is 0. The number of hydrogen-bond acceptors (Lipinski definition) is 3. The number of nitrogens with zero attached hydrogens (tertiary/aromatic N) is 1. The average molecular weight is 335 g/mol. The zero-order valence-electron chi connectivity index (χ0n) is 10.7. The highest BCUT2D eigenvalue weighted by molar-refractivity contribution is 9.10. The maximum Gasteiger partial charge on any atom is 0.387 e. The van der Waals surface area contributed by atoms with E-state index < -0.39 is 6.61 Å². The third kappa shape index (κ3) is 4.12. The quantitative estimate of drug-likeness (QED) is 0.916. The molecule has 1 atom stereocenters. The fourth-order valence-corrected chi connectivity index (χ4v) is 2.63. The number of rotatable bonds is 4. The summed E-state index contributed by atoms with van der Waals surface area (Å²) in [7, 11) is 0. The van der Waals surface area contributed by atoms with Crippen LogP contribution in [0.2, 0.25) is 0 Å². The van der Waals surface area contributed by atoms with Crippen LogP contribution in [-0.4, -0.2) is 37.2 Å². The molecule has 2 rings (SSSR count). The van der Waals surface area contributed by atoms with Crippen molar-refractivity contribution in [1.29, 1.82) is 0 Å². The molecular formula is C13H17BrF2N2O. The summed E-state index contributed by atoms with van der Waals surface area (Å²) in [6, 6.07) is 5.51. The lowest BCUT2D eigenvalue weighted by molar-refractivity contribution is -0.0509. The molecule has 0 unspecified atom stereocenters. The Labute approximate surface area is 120 Å². The van der Waals surface area contributed by atoms with E-state index in [1.807, 2.05) is 6.07 Å². The van der Waals surface area contributed by atoms with Gasteiger partial charge in [0.15, 0.2) is 0 Å². The van der Waals surface area contributed by atoms with Crippen molar-refractivity contribution in [3.8, 4) is 5.75 Å². The van der Waals surface area contributed by atoms with Crippen molar-refractivity contribution in [2.45, 2.75) is 26.1 Å². The first-order chi connectivity index (χ1) is 9.06. The van der Waals surface area contributed by atoms with E-state index in [-0.39, 0.29) is 5.75 Å². The van der Waals surface area contributed by atoms with E-state index in [1.54, 1.807) is 12.1 Å². The molecule has 1 heterocycles. The van der Waals surface area contributed by atoms with Crippen molar-refractivity contribution >= 4 is 15.9 Å². The first kappa shape index (κ1) is 14.7. The summed E-state index contributed by atoms with van der Waals surface area (Å²) in [6.45, 7) is 2.69. The van der Waals surface area contributed by atoms with E-state index in [4.69, 9.17) is 0 Å². The second kappa shape index (κ2) is 6.63. The third-order valence-electron chi connectivity index (χ3n) is 3.25. The molecule has 1 aromatic rings. The molecule has 0 bridgehead atoms. The SMILES string of the molecule is C[C@H]1CNCCN1Cc1cc(Br)ccc1OC(F)F. The smallest absolute Gasteiger partial charge is 0.387 e. The molecular weight excluding hydrogens is 318 g/mol. The fraction of sp³-hybridized carbons (Fsp3) is 0.538. The molecule has 0 radical (unpaired) electrons. The van der Waals surface area contributed by atoms with E-state index in [0.29, 0.717) is 12.6 Å². The Balaban J connectivity index is 2.15. The van der Waals surface area contributed by atoms with Crippen molar-refractivity contribution in [3.63, 3.8) is 0 Å². The van der Waals surface area contributed by atoms with Gasteiger partial charge in [-0.1, -0.05) is 15.9 Å². The Morgan fingerprint density at radius 2 is 2.32 bits per heavy atom. The lowest BCUT2D eigenvalue weighted by atomic mass is 10.1. The summed E-state index contributed by atoms with van der Waals surface area (Å²) in [4.78, 5) is 2.26. The van der Waals surface area contributed by atoms with Gasteiger partial charge in [-0.15, -0.1) is 0 Å². The Morgan fingerprint density at radius 3 is 3.00 bits per heavy atom. The van der Waals surface area contributed by atoms with E-state index in [0.717, 1.165) is 29.7 Å². The zero-order valence-corrected chi connectivity index (χ0v) is 12.3. The number of benzene rings is 1. The monoisotopic (exact) mass is 334 g/mol. The maximum atomic E-state index is 12.4. The van der Waals surface area contributed by atoms with E-state index in [1.165, 1.54) is 0 Å². The number of hydrogen-bond donors (Lipinski definition) is 1. The molecule has 6 heteroatoms. The van der Waals surface area contributed by atoms with Gasteiger partial charge in [0.2, 0.25) is 0 Å². The molecule has 1 saturated heterocycles. The summed E-state index contributed by atoms with van der Waals surface area (Å²) >= 11 is 3.37. The number of piperazine rings is 1. The highest BCUT2D eigenvalue weighted by Crippen LogP contribution is 2.26. The second-order valence-corrected chi connectivity index (χ2v) is 5.57. The zero-order chi connectivity index (χ0) is 13.8. The first-order valence-corrected chi connectivity index (χ1v) is 7.03. The Morgan fingerprint density at radius 1 is 1.53 bits per heavy atom. The Kier molecular flexibility index (Phi) is 5.13. The summed E-state index contributed by atoms with van der Waals surface area (Å²) < 4.78 is 30.2. The van der Waals surface area contributed by atoms with Gasteiger partial charge in [0.1, 0.15) is 5.75 Å². The number of ether oxygens (including phenoxy) is 1. The standard InChI is InChI=1S/C13H17BrF2N2O/c1-9-7-17-4-5-18(9)8-10-6-11(14)2-3-12(10)19-13(15)16/h2-3,6,9,13,17H,4-5,7-8H2,1H3/t9-/m0/s1. The van der Waals surface area contributed by atoms with Crippen LogP contribution in [0, 0.1) is 0 Å². The summed E-state index contributed by atoms with van der Waals surface area (Å²) in [5, 5.41) is 3.31. The van der Waals surface area contributed by atoms with Crippen molar-refractivity contribution in [2.24, 2.45) is 0 Å². The average Bonchev–Trinajstić information content (AvgIpc) is 2.35. The third-order valence-corrected chi connectivity index (χ3v) is 3.74. The van der Waals surface area contributed by atoms with Crippen LogP contribution >= 0.6 is 15.9 Å². The fourth-order valence-electron chi connectivity index (χ4n) is 2.22. The molecule has 19 heavy (non-hydrogen) atoms. The van der Waals surface area contributed by atoms with Crippen LogP contribution in [0.3, 0.4) is 0 Å². The van der Waals surface area contributed by atoms with Gasteiger partial charge in [0.05, 0.1) is 0 Å². The molecule has 1 aliphatic heterocycles. The van der Waals surface area contributed by atoms with Crippen molar-refractivity contribution < 1.29 is 13.5 Å². The molecule has 106 valence electrons. The van der Waals surface area contributed by atoms with Crippen LogP contribution < -0.4 is 10.1 Å². The molecule has 1 aliphatic rings. The van der Waals surface area contributed by atoms with Crippen LogP contribution in [0.1, 0.15) is 12.5 Å². The highest BCUT2D eigenvalue weighted by Gasteiger charge is 2.20. The normalized spacial score (nSPS) is 20.8. The Bertz CT molecular complexity index is 431. The Hall–Kier alpha value is -0.720. The number of alkyl halides is 2. The van der Waals surface area contributed by atoms with Crippen LogP contribution in [0.25, 0.3) is 0 Å². The molecule has 1 fully saturated rings. The van der Waals surface area contributed by atoms with Gasteiger partial charge in [-0.25, -0.2) is 0 Å². The van der Waals surface area contributed by atoms with Crippen molar-refractivity contribution in [1.82, 2.24) is 10.2 Å². The van der Waals surface area contributed by atoms with Crippen LogP contribution in [0.5, 0.6) is 5.75 Å². The minimum absolute atomic E-state index is 0.254. The van der Waals surface area contributed by atoms with Gasteiger partial charge in [0, 0.05) is 42.3 Å². The minimum atomic E-state index is -2.79. The lowest BCUT2D eigenvalue weighted by Gasteiger charge is -2.34. The predicted molar refractivity (Wildman–Crippen MR) is 73.5 cm³/mol. The summed E-state index contributed by atoms with van der Waals surface area (Å²) in [5.74, 6) is 0.254. The van der Waals surface area contributed by atoms with Crippen LogP contribution in [0.4, 0.5) is 8.78 Å². The largest absolute Gasteiger partial charge is 0.434 e. The van der Waals surface area contributed by atoms with Gasteiger partial charge < -0.3 is 10.1 Å². The van der Waals surface area contributed by atoms with E-state index in [2.05, 4.69) is 37.8 Å². The molecule has 1 aromatic carbocycles. The predicted octanol–water partition coefficient (Wildman–Crippen LogP) is 2.84. The van der Waals surface area contributed by atoms with Crippen LogP contribution in [-0.2, 0) is 6.54 Å². The maximum absolute atomic E-state index is 12.4. The number of nitrogens with one attached hydrogen (secondary N) is 1. The molecule has 0 amide bonds. The molecule has 0 aromatic heterocycles. The summed E-state index contributed by atoms with van der Waals surface area (Å²) in [5.41, 5.74) is 0.781. The molecule has 0 aliphatic carbocycles. The minimum Gasteiger partial charge on any atom is -0.434 e. The molecule has 3 nitrogen and oxygen atoms in total. The van der Waals surface area contributed by atoms with Crippen molar-refractivity contribution in [2.75, 3.05) is 19.6 Å². The molecule has 0 saturated carbocycles. The lowest BCUT2D eigenvalue weighted by Crippen LogP contribution is -2.49. The topological polar surface area (TPSA) is 24.5 Å². The van der Waals surface area contributed by atoms with Crippen LogP contribution in [0.15, 0.2) is 22.7 Å². The molecule has 0 spiro atoms. The number of halogens is 3. The van der Waals surface area contributed by atoms with E-state index in [9.17, 15) is 8.78 Å². The molecule has 1 N–H and O–H groups in total. The van der Waals surface area contributed by atoms with Gasteiger partial charge in [-0.2, -0.15) is 8.78 Å². The van der Waals surface area contributed by atoms with Gasteiger partial charge in [-0.05, 0) is 25.1 Å². The van der Waals surface area contributed by atoms with Gasteiger partial charge in [-0.3, -0.25) is 4.90 Å². The van der Waals surface area contributed by atoms with Gasteiger partial charge in [0.25, 0.3) is 0 Å².